The summed E-state index contributed by atoms with van der Waals surface area (Å²) < 4.78 is 37.1. The topological polar surface area (TPSA) is 93.7 Å². The van der Waals surface area contributed by atoms with Crippen LogP contribution in [0.5, 0.6) is 0 Å². The van der Waals surface area contributed by atoms with Gasteiger partial charge in [0.2, 0.25) is 21.5 Å². The number of rotatable bonds is 2. The fourth-order valence-corrected chi connectivity index (χ4v) is 1.28. The number of benzene rings is 1. The highest BCUT2D eigenvalue weighted by Crippen LogP contribution is 2.05. The van der Waals surface area contributed by atoms with Crippen molar-refractivity contribution in [1.82, 2.24) is 0 Å². The van der Waals surface area contributed by atoms with E-state index in [1.807, 2.05) is 24.3 Å². The highest BCUT2D eigenvalue weighted by Gasteiger charge is 1.98. The van der Waals surface area contributed by atoms with Crippen molar-refractivity contribution in [2.24, 2.45) is 0 Å². The number of fused-ring (bicyclic) bond motifs is 1. The predicted molar refractivity (Wildman–Crippen MR) is 54.1 cm³/mol. The summed E-state index contributed by atoms with van der Waals surface area (Å²) in [7, 11) is -4.42. The fourth-order valence-electron chi connectivity index (χ4n) is 0.989. The van der Waals surface area contributed by atoms with Gasteiger partial charge in [0, 0.05) is 6.07 Å². The molecule has 1 heterocycles. The van der Waals surface area contributed by atoms with Gasteiger partial charge in [0.05, 0.1) is 6.61 Å². The molecule has 1 N–H and O–H groups in total. The molecule has 2 aromatic rings. The lowest BCUT2D eigenvalue weighted by Crippen LogP contribution is -2.02. The summed E-state index contributed by atoms with van der Waals surface area (Å²) in [6.07, 6.45) is 1.57. The van der Waals surface area contributed by atoms with Gasteiger partial charge in [-0.2, -0.15) is 4.98 Å². The molecule has 0 unspecified atom stereocenters. The standard InChI is InChI=1S/C7H5NO.C2H6O4S/c1-2-4-7-6(3-1)8-5-9-7;1-2-6-7(3,4)5/h1-5H;2H2,1H3,(H,3,4,5). The Hall–Kier alpha value is -1.44. The molecule has 0 saturated heterocycles. The molecular weight excluding hydrogens is 234 g/mol. The molecule has 2 rings (SSSR count). The van der Waals surface area contributed by atoms with Crippen LogP contribution in [0.3, 0.4) is 0 Å². The highest BCUT2D eigenvalue weighted by molar-refractivity contribution is 7.80. The molecule has 0 bridgehead atoms. The maximum absolute atomic E-state index is 9.45. The van der Waals surface area contributed by atoms with E-state index in [1.54, 1.807) is 6.39 Å². The zero-order valence-electron chi connectivity index (χ0n) is 8.54. The van der Waals surface area contributed by atoms with Crippen molar-refractivity contribution in [3.8, 4) is 0 Å². The number of aromatic nitrogens is 1. The molecule has 0 spiro atoms. The van der Waals surface area contributed by atoms with Gasteiger partial charge in [-0.1, -0.05) is 12.1 Å². The molecule has 16 heavy (non-hydrogen) atoms. The molecule has 0 amide bonds. The first kappa shape index (κ1) is 12.6. The second-order valence-corrected chi connectivity index (χ2v) is 3.74. The van der Waals surface area contributed by atoms with Crippen LogP contribution >= 0.6 is 0 Å². The van der Waals surface area contributed by atoms with Gasteiger partial charge in [-0.15, -0.1) is 0 Å². The zero-order valence-corrected chi connectivity index (χ0v) is 9.36. The first-order valence-corrected chi connectivity index (χ1v) is 5.80. The first-order valence-electron chi connectivity index (χ1n) is 4.47. The molecule has 0 atom stereocenters. The van der Waals surface area contributed by atoms with Crippen molar-refractivity contribution in [2.75, 3.05) is 6.61 Å². The van der Waals surface area contributed by atoms with Gasteiger partial charge >= 0.3 is 6.39 Å². The normalized spacial score (nSPS) is 10.9. The van der Waals surface area contributed by atoms with Gasteiger partial charge in [0.1, 0.15) is 0 Å². The first-order chi connectivity index (χ1) is 7.53. The number of nitrogens with one attached hydrogen (secondary N) is 1. The Morgan fingerprint density at radius 3 is 2.62 bits per heavy atom. The molecular formula is C9H11NO5S. The second-order valence-electron chi connectivity index (χ2n) is 2.69. The molecule has 0 radical (unpaired) electrons. The molecule has 0 aliphatic rings. The second kappa shape index (κ2) is 5.59. The molecule has 7 heteroatoms. The third-order valence-electron chi connectivity index (χ3n) is 1.55. The van der Waals surface area contributed by atoms with Gasteiger partial charge in [-0.3, -0.25) is 4.18 Å². The summed E-state index contributed by atoms with van der Waals surface area (Å²) in [5, 5.41) is 0. The average Bonchev–Trinajstić information content (AvgIpc) is 2.64. The molecule has 0 aliphatic carbocycles. The summed E-state index contributed by atoms with van der Waals surface area (Å²) in [5.41, 5.74) is 1.94. The summed E-state index contributed by atoms with van der Waals surface area (Å²) >= 11 is 0. The SMILES string of the molecule is CCOS(=O)(=O)[O-].c1ccc2oc[nH+]c2c1. The molecule has 6 nitrogen and oxygen atoms in total. The Labute approximate surface area is 92.8 Å². The lowest BCUT2D eigenvalue weighted by atomic mass is 10.3. The summed E-state index contributed by atoms with van der Waals surface area (Å²) in [6, 6.07) is 7.80. The van der Waals surface area contributed by atoms with Crippen molar-refractivity contribution in [1.29, 1.82) is 0 Å². The maximum Gasteiger partial charge on any atom is 0.333 e. The molecule has 1 aromatic heterocycles. The monoisotopic (exact) mass is 245 g/mol. The van der Waals surface area contributed by atoms with Crippen molar-refractivity contribution < 1.29 is 26.6 Å². The van der Waals surface area contributed by atoms with Gasteiger partial charge < -0.3 is 8.97 Å². The Bertz CT molecular complexity index is 503. The molecule has 0 fully saturated rings. The van der Waals surface area contributed by atoms with Crippen LogP contribution < -0.4 is 4.98 Å². The van der Waals surface area contributed by atoms with Gasteiger partial charge in [0.15, 0.2) is 0 Å². The zero-order chi connectivity index (χ0) is 12.0. The van der Waals surface area contributed by atoms with Crippen LogP contribution in [0.15, 0.2) is 35.1 Å². The van der Waals surface area contributed by atoms with Gasteiger partial charge in [-0.25, -0.2) is 8.42 Å². The van der Waals surface area contributed by atoms with E-state index in [-0.39, 0.29) is 6.61 Å². The van der Waals surface area contributed by atoms with Gasteiger partial charge in [-0.05, 0) is 13.0 Å². The molecule has 0 aliphatic heterocycles. The van der Waals surface area contributed by atoms with Crippen molar-refractivity contribution >= 4 is 21.5 Å². The Kier molecular flexibility index (Phi) is 4.41. The van der Waals surface area contributed by atoms with Crippen LogP contribution in [0.2, 0.25) is 0 Å². The Morgan fingerprint density at radius 1 is 1.44 bits per heavy atom. The number of hydrogen-bond donors (Lipinski definition) is 0. The fraction of sp³-hybridized carbons (Fsp3) is 0.222. The maximum atomic E-state index is 9.45. The lowest BCUT2D eigenvalue weighted by molar-refractivity contribution is -0.354. The van der Waals surface area contributed by atoms with Crippen LogP contribution in [-0.2, 0) is 14.6 Å². The number of aromatic amines is 1. The largest absolute Gasteiger partial charge is 0.726 e. The van der Waals surface area contributed by atoms with E-state index in [0.29, 0.717) is 0 Å². The average molecular weight is 245 g/mol. The minimum Gasteiger partial charge on any atom is -0.726 e. The predicted octanol–water partition coefficient (Wildman–Crippen LogP) is 0.730. The van der Waals surface area contributed by atoms with Crippen LogP contribution in [0, 0.1) is 0 Å². The lowest BCUT2D eigenvalue weighted by Gasteiger charge is -2.02. The van der Waals surface area contributed by atoms with E-state index < -0.39 is 10.4 Å². The summed E-state index contributed by atoms with van der Waals surface area (Å²) in [5.74, 6) is 0. The number of H-pyrrole nitrogens is 1. The van der Waals surface area contributed by atoms with E-state index in [0.717, 1.165) is 11.1 Å². The number of para-hydroxylation sites is 2. The van der Waals surface area contributed by atoms with Crippen LogP contribution in [0.1, 0.15) is 6.92 Å². The van der Waals surface area contributed by atoms with E-state index in [4.69, 9.17) is 4.42 Å². The Balaban J connectivity index is 0.000000168. The van der Waals surface area contributed by atoms with E-state index in [9.17, 15) is 13.0 Å². The minimum absolute atomic E-state index is 0.0914. The van der Waals surface area contributed by atoms with Crippen LogP contribution in [-0.4, -0.2) is 19.6 Å². The molecule has 1 aromatic carbocycles. The smallest absolute Gasteiger partial charge is 0.333 e. The van der Waals surface area contributed by atoms with Gasteiger partial charge in [0.25, 0.3) is 0 Å². The van der Waals surface area contributed by atoms with Crippen LogP contribution in [0.25, 0.3) is 11.1 Å². The highest BCUT2D eigenvalue weighted by atomic mass is 32.3. The van der Waals surface area contributed by atoms with E-state index in [1.165, 1.54) is 6.92 Å². The molecule has 0 saturated carbocycles. The van der Waals surface area contributed by atoms with Crippen LogP contribution in [0.4, 0.5) is 0 Å². The Morgan fingerprint density at radius 2 is 2.12 bits per heavy atom. The van der Waals surface area contributed by atoms with E-state index in [2.05, 4.69) is 9.17 Å². The third-order valence-corrected chi connectivity index (χ3v) is 2.07. The van der Waals surface area contributed by atoms with E-state index >= 15 is 0 Å². The minimum atomic E-state index is -4.42. The summed E-state index contributed by atoms with van der Waals surface area (Å²) in [4.78, 5) is 2.95. The van der Waals surface area contributed by atoms with Crippen molar-refractivity contribution in [3.05, 3.63) is 30.7 Å². The number of hydrogen-bond acceptors (Lipinski definition) is 5. The van der Waals surface area contributed by atoms with Crippen molar-refractivity contribution in [3.63, 3.8) is 0 Å². The van der Waals surface area contributed by atoms with Crippen molar-refractivity contribution in [2.45, 2.75) is 6.92 Å². The summed E-state index contributed by atoms with van der Waals surface area (Å²) in [6.45, 7) is 1.33. The molecule has 88 valence electrons. The quantitative estimate of drug-likeness (QED) is 0.574. The number of oxazole rings is 1. The third kappa shape index (κ3) is 4.39.